The van der Waals surface area contributed by atoms with Gasteiger partial charge in [0.15, 0.2) is 0 Å². The average molecular weight is 784 g/mol. The molecule has 1 aromatic heterocycles. The van der Waals surface area contributed by atoms with E-state index in [1.165, 1.54) is 0 Å². The van der Waals surface area contributed by atoms with Crippen molar-refractivity contribution in [2.24, 2.45) is 5.41 Å². The third-order valence-corrected chi connectivity index (χ3v) is 13.4. The Kier molecular flexibility index (Phi) is 11.5. The molecular weight excluding hydrogens is 731 g/mol. The van der Waals surface area contributed by atoms with Crippen LogP contribution in [0.1, 0.15) is 106 Å². The lowest BCUT2D eigenvalue weighted by atomic mass is 9.53. The molecule has 3 fully saturated rings. The van der Waals surface area contributed by atoms with Gasteiger partial charge in [0, 0.05) is 41.5 Å². The summed E-state index contributed by atoms with van der Waals surface area (Å²) in [7, 11) is 1.82. The summed E-state index contributed by atoms with van der Waals surface area (Å²) in [5, 5.41) is 30.8. The minimum absolute atomic E-state index is 0.0313. The number of carbonyl (C=O) groups excluding carboxylic acids is 2. The maximum Gasteiger partial charge on any atom is 0.238 e. The average Bonchev–Trinajstić information content (AvgIpc) is 3.44. The van der Waals surface area contributed by atoms with Crippen LogP contribution in [0.2, 0.25) is 10.2 Å². The predicted molar refractivity (Wildman–Crippen MR) is 218 cm³/mol. The molecule has 4 aromatic rings. The predicted octanol–water partition coefficient (Wildman–Crippen LogP) is 8.57. The second-order valence-corrected chi connectivity index (χ2v) is 17.4. The molecule has 1 amide bonds. The van der Waals surface area contributed by atoms with Gasteiger partial charge < -0.3 is 25.6 Å². The molecule has 2 saturated carbocycles. The Bertz CT molecular complexity index is 1960. The fourth-order valence-electron chi connectivity index (χ4n) is 10.2. The minimum atomic E-state index is -1.36. The van der Waals surface area contributed by atoms with Gasteiger partial charge in [-0.05, 0) is 103 Å². The van der Waals surface area contributed by atoms with E-state index in [-0.39, 0.29) is 22.5 Å². The van der Waals surface area contributed by atoms with Crippen LogP contribution in [0.3, 0.4) is 0 Å². The summed E-state index contributed by atoms with van der Waals surface area (Å²) < 4.78 is 0. The van der Waals surface area contributed by atoms with Gasteiger partial charge in [0.05, 0.1) is 29.7 Å². The number of rotatable bonds is 10. The highest BCUT2D eigenvalue weighted by molar-refractivity contribution is 6.31. The Morgan fingerprint density at radius 1 is 0.891 bits per heavy atom. The molecule has 8 nitrogen and oxygen atoms in total. The van der Waals surface area contributed by atoms with Gasteiger partial charge in [-0.25, -0.2) is 4.98 Å². The summed E-state index contributed by atoms with van der Waals surface area (Å²) in [4.78, 5) is 37.2. The summed E-state index contributed by atoms with van der Waals surface area (Å²) >= 11 is 13.4. The minimum Gasteiger partial charge on any atom is -0.393 e. The topological polar surface area (TPSA) is 115 Å². The number of nitrogens with one attached hydrogen (secondary N) is 2. The molecule has 0 bridgehead atoms. The van der Waals surface area contributed by atoms with Gasteiger partial charge in [-0.3, -0.25) is 9.69 Å². The van der Waals surface area contributed by atoms with Crippen molar-refractivity contribution >= 4 is 41.1 Å². The summed E-state index contributed by atoms with van der Waals surface area (Å²) in [6.45, 7) is 4.52. The number of amides is 1. The first kappa shape index (κ1) is 39.4. The number of halogens is 2. The first-order valence-electron chi connectivity index (χ1n) is 19.5. The van der Waals surface area contributed by atoms with Crippen LogP contribution in [0.25, 0.3) is 0 Å². The first-order valence-corrected chi connectivity index (χ1v) is 20.3. The van der Waals surface area contributed by atoms with E-state index >= 15 is 4.79 Å². The zero-order valence-corrected chi connectivity index (χ0v) is 33.3. The molecule has 7 rings (SSSR count). The number of hydrogen-bond donors (Lipinski definition) is 4. The standard InChI is InChI=1S/C45H52Cl2N4O4/c1-43(2)21-23-44(24-22-43)45(28-52,35-19-14-32(46)27-36(35)48-3)38(31-20-25-49-37(47)26-31)40(42(55)50-33-15-17-34(53)18-16-33)51(44)39(29-10-6-4-7-11-29)41(54)30-12-8-5-9-13-30/h4-14,19-20,25-28,33-34,38-41,48,53-54H,15-18,21-24H2,1-3H3,(H,50,55)/t33-,34-,38-,39+,40+,41-,45?/m0/s1. The van der Waals surface area contributed by atoms with Crippen molar-refractivity contribution in [3.8, 4) is 0 Å². The van der Waals surface area contributed by atoms with Gasteiger partial charge in [-0.1, -0.05) is 104 Å². The second-order valence-electron chi connectivity index (χ2n) is 16.6. The van der Waals surface area contributed by atoms with Crippen molar-refractivity contribution in [1.82, 2.24) is 15.2 Å². The van der Waals surface area contributed by atoms with Crippen molar-refractivity contribution in [2.45, 2.75) is 112 Å². The third kappa shape index (κ3) is 7.21. The maximum atomic E-state index is 15.7. The number of aromatic nitrogens is 1. The van der Waals surface area contributed by atoms with E-state index in [1.54, 1.807) is 12.3 Å². The van der Waals surface area contributed by atoms with Gasteiger partial charge in [0.2, 0.25) is 5.91 Å². The molecule has 1 unspecified atom stereocenters. The fraction of sp³-hybridized carbons (Fsp3) is 0.444. The Labute approximate surface area is 334 Å². The van der Waals surface area contributed by atoms with Crippen molar-refractivity contribution in [3.63, 3.8) is 0 Å². The molecule has 10 heteroatoms. The van der Waals surface area contributed by atoms with E-state index in [2.05, 4.69) is 34.4 Å². The summed E-state index contributed by atoms with van der Waals surface area (Å²) in [6.07, 6.45) is 6.42. The Balaban J connectivity index is 1.59. The van der Waals surface area contributed by atoms with Crippen LogP contribution in [-0.2, 0) is 15.0 Å². The number of hydrogen-bond acceptors (Lipinski definition) is 7. The Hall–Kier alpha value is -3.79. The number of pyridine rings is 1. The van der Waals surface area contributed by atoms with Crippen LogP contribution in [0.4, 0.5) is 5.69 Å². The fourth-order valence-corrected chi connectivity index (χ4v) is 10.6. The highest BCUT2D eigenvalue weighted by Gasteiger charge is 2.73. The van der Waals surface area contributed by atoms with Crippen LogP contribution >= 0.6 is 23.2 Å². The number of carbonyl (C=O) groups is 2. The van der Waals surface area contributed by atoms with Gasteiger partial charge in [0.25, 0.3) is 0 Å². The molecule has 5 atom stereocenters. The molecule has 2 heterocycles. The van der Waals surface area contributed by atoms with Crippen LogP contribution in [0, 0.1) is 5.41 Å². The Morgan fingerprint density at radius 3 is 2.13 bits per heavy atom. The van der Waals surface area contributed by atoms with Gasteiger partial charge in [-0.15, -0.1) is 0 Å². The number of anilines is 1. The van der Waals surface area contributed by atoms with Gasteiger partial charge in [-0.2, -0.15) is 0 Å². The van der Waals surface area contributed by atoms with Crippen molar-refractivity contribution < 1.29 is 19.8 Å². The third-order valence-electron chi connectivity index (χ3n) is 13.0. The quantitative estimate of drug-likeness (QED) is 0.0942. The molecule has 0 radical (unpaired) electrons. The maximum absolute atomic E-state index is 15.7. The van der Waals surface area contributed by atoms with Gasteiger partial charge in [0.1, 0.15) is 11.4 Å². The normalized spacial score (nSPS) is 27.3. The van der Waals surface area contributed by atoms with Crippen molar-refractivity contribution in [2.75, 3.05) is 12.4 Å². The number of aliphatic hydroxyl groups excluding tert-OH is 2. The number of aliphatic hydroxyl groups is 2. The lowest BCUT2D eigenvalue weighted by molar-refractivity contribution is -0.135. The number of benzene rings is 3. The molecule has 4 N–H and O–H groups in total. The second kappa shape index (κ2) is 16.0. The highest BCUT2D eigenvalue weighted by Crippen LogP contribution is 2.67. The molecule has 3 aromatic carbocycles. The SMILES string of the molecule is CNc1cc(Cl)ccc1C1(C=O)[C@@H](c2ccnc(Cl)c2)[C@H](C(=O)N[C@H]2CC[C@H](O)CC2)N([C@H](c2ccccc2)[C@@H](O)c2ccccc2)C12CCC(C)(C)CC2. The molecule has 1 aliphatic heterocycles. The monoisotopic (exact) mass is 782 g/mol. The lowest BCUT2D eigenvalue weighted by Crippen LogP contribution is -2.63. The zero-order chi connectivity index (χ0) is 39.0. The summed E-state index contributed by atoms with van der Waals surface area (Å²) in [5.74, 6) is -1.00. The van der Waals surface area contributed by atoms with Crippen LogP contribution in [0.5, 0.6) is 0 Å². The Morgan fingerprint density at radius 2 is 1.53 bits per heavy atom. The number of nitrogens with zero attached hydrogens (tertiary/aromatic N) is 2. The van der Waals surface area contributed by atoms with E-state index in [0.717, 1.165) is 30.3 Å². The van der Waals surface area contributed by atoms with Crippen molar-refractivity contribution in [1.29, 1.82) is 0 Å². The number of aldehydes is 1. The van der Waals surface area contributed by atoms with E-state index < -0.39 is 41.2 Å². The smallest absolute Gasteiger partial charge is 0.238 e. The molecule has 2 aliphatic carbocycles. The highest BCUT2D eigenvalue weighted by atomic mass is 35.5. The van der Waals surface area contributed by atoms with E-state index in [4.69, 9.17) is 23.2 Å². The summed E-state index contributed by atoms with van der Waals surface area (Å²) in [6, 6.07) is 26.9. The van der Waals surface area contributed by atoms with E-state index in [1.807, 2.05) is 92.0 Å². The zero-order valence-electron chi connectivity index (χ0n) is 31.8. The van der Waals surface area contributed by atoms with Crippen LogP contribution in [0.15, 0.2) is 97.2 Å². The van der Waals surface area contributed by atoms with Gasteiger partial charge >= 0.3 is 0 Å². The van der Waals surface area contributed by atoms with E-state index in [0.29, 0.717) is 60.4 Å². The molecular formula is C45H52Cl2N4O4. The molecule has 1 spiro atoms. The largest absolute Gasteiger partial charge is 0.393 e. The molecule has 3 aliphatic rings. The lowest BCUT2D eigenvalue weighted by Gasteiger charge is -2.56. The van der Waals surface area contributed by atoms with Crippen LogP contribution in [-0.4, -0.2) is 63.1 Å². The molecule has 55 heavy (non-hydrogen) atoms. The van der Waals surface area contributed by atoms with Crippen LogP contribution < -0.4 is 10.6 Å². The first-order chi connectivity index (χ1) is 26.4. The summed E-state index contributed by atoms with van der Waals surface area (Å²) in [5.41, 5.74) is 1.28. The molecule has 290 valence electrons. The van der Waals surface area contributed by atoms with Crippen molar-refractivity contribution in [3.05, 3.63) is 130 Å². The number of likely N-dealkylation sites (tertiary alicyclic amines) is 1. The van der Waals surface area contributed by atoms with E-state index in [9.17, 15) is 15.0 Å². The molecule has 1 saturated heterocycles.